The molecule has 2 heterocycles. The van der Waals surface area contributed by atoms with Gasteiger partial charge in [-0.1, -0.05) is 57.7 Å². The van der Waals surface area contributed by atoms with Gasteiger partial charge in [0, 0.05) is 5.02 Å². The van der Waals surface area contributed by atoms with E-state index in [4.69, 9.17) is 46.4 Å². The Labute approximate surface area is 165 Å². The molecule has 0 aliphatic carbocycles. The van der Waals surface area contributed by atoms with Crippen molar-refractivity contribution in [1.82, 2.24) is 10.2 Å². The number of sulfonamides is 1. The predicted molar refractivity (Wildman–Crippen MR) is 101 cm³/mol. The van der Waals surface area contributed by atoms with Crippen LogP contribution in [0.15, 0.2) is 28.5 Å². The Bertz CT molecular complexity index is 1020. The van der Waals surface area contributed by atoms with Gasteiger partial charge in [0.15, 0.2) is 5.01 Å². The third-order valence-corrected chi connectivity index (χ3v) is 7.67. The summed E-state index contributed by atoms with van der Waals surface area (Å²) in [5.41, 5.74) is 0. The van der Waals surface area contributed by atoms with Crippen molar-refractivity contribution in [1.29, 1.82) is 0 Å². The summed E-state index contributed by atoms with van der Waals surface area (Å²) in [6.07, 6.45) is 0. The highest BCUT2D eigenvalue weighted by molar-refractivity contribution is 7.93. The Hall–Kier alpha value is -0.610. The summed E-state index contributed by atoms with van der Waals surface area (Å²) in [6, 6.07) is 4.28. The molecule has 5 nitrogen and oxygen atoms in total. The van der Waals surface area contributed by atoms with Crippen molar-refractivity contribution < 1.29 is 8.42 Å². The van der Waals surface area contributed by atoms with Crippen molar-refractivity contribution >= 4 is 84.2 Å². The first-order chi connectivity index (χ1) is 11.3. The lowest BCUT2D eigenvalue weighted by Gasteiger charge is -2.08. The maximum Gasteiger partial charge on any atom is 0.265 e. The molecule has 0 aliphatic rings. The molecule has 0 saturated heterocycles. The van der Waals surface area contributed by atoms with Gasteiger partial charge >= 0.3 is 0 Å². The van der Waals surface area contributed by atoms with E-state index in [1.165, 1.54) is 23.5 Å². The normalized spacial score (nSPS) is 11.7. The van der Waals surface area contributed by atoms with Crippen LogP contribution in [0.3, 0.4) is 0 Å². The van der Waals surface area contributed by atoms with Gasteiger partial charge in [0.1, 0.15) is 4.90 Å². The molecule has 1 aromatic carbocycles. The van der Waals surface area contributed by atoms with E-state index in [9.17, 15) is 8.42 Å². The van der Waals surface area contributed by atoms with E-state index in [1.54, 1.807) is 11.4 Å². The Morgan fingerprint density at radius 2 is 1.79 bits per heavy atom. The lowest BCUT2D eigenvalue weighted by atomic mass is 10.4. The minimum Gasteiger partial charge on any atom is -0.253 e. The maximum absolute atomic E-state index is 12.5. The van der Waals surface area contributed by atoms with E-state index in [0.717, 1.165) is 11.3 Å². The monoisotopic (exact) mass is 459 g/mol. The van der Waals surface area contributed by atoms with Gasteiger partial charge in [-0.15, -0.1) is 21.5 Å². The molecule has 126 valence electrons. The molecule has 0 radical (unpaired) electrons. The summed E-state index contributed by atoms with van der Waals surface area (Å²) in [7, 11) is -4.03. The van der Waals surface area contributed by atoms with Crippen LogP contribution in [-0.4, -0.2) is 18.6 Å². The van der Waals surface area contributed by atoms with E-state index in [-0.39, 0.29) is 25.1 Å². The smallest absolute Gasteiger partial charge is 0.253 e. The van der Waals surface area contributed by atoms with Crippen LogP contribution in [-0.2, 0) is 10.0 Å². The molecular weight excluding hydrogens is 456 g/mol. The number of aromatic nitrogens is 2. The third-order valence-electron chi connectivity index (χ3n) is 2.71. The highest BCUT2D eigenvalue weighted by Crippen LogP contribution is 2.37. The first-order valence-electron chi connectivity index (χ1n) is 6.02. The molecule has 0 amide bonds. The van der Waals surface area contributed by atoms with Crippen LogP contribution in [0.1, 0.15) is 0 Å². The number of anilines is 1. The predicted octanol–water partition coefficient (Wildman–Crippen LogP) is 5.68. The Morgan fingerprint density at radius 3 is 2.46 bits per heavy atom. The number of nitrogens with one attached hydrogen (secondary N) is 1. The van der Waals surface area contributed by atoms with Gasteiger partial charge in [-0.3, -0.25) is 4.72 Å². The number of hydrogen-bond acceptors (Lipinski definition) is 6. The number of hydrogen-bond donors (Lipinski definition) is 1. The largest absolute Gasteiger partial charge is 0.265 e. The fraction of sp³-hybridized carbons (Fsp3) is 0. The van der Waals surface area contributed by atoms with Gasteiger partial charge in [-0.05, 0) is 23.6 Å². The maximum atomic E-state index is 12.5. The Balaban J connectivity index is 1.94. The zero-order valence-electron chi connectivity index (χ0n) is 11.3. The van der Waals surface area contributed by atoms with Crippen molar-refractivity contribution in [3.8, 4) is 9.88 Å². The molecule has 1 N–H and O–H groups in total. The van der Waals surface area contributed by atoms with E-state index >= 15 is 0 Å². The molecule has 2 aromatic heterocycles. The van der Waals surface area contributed by atoms with Crippen molar-refractivity contribution in [2.45, 2.75) is 4.90 Å². The zero-order chi connectivity index (χ0) is 17.5. The quantitative estimate of drug-likeness (QED) is 0.508. The molecule has 0 atom stereocenters. The molecule has 0 bridgehead atoms. The summed E-state index contributed by atoms with van der Waals surface area (Å²) in [6.45, 7) is 0. The Kier molecular flexibility index (Phi) is 5.27. The minimum atomic E-state index is -4.03. The summed E-state index contributed by atoms with van der Waals surface area (Å²) >= 11 is 26.1. The second-order valence-corrected chi connectivity index (χ2v) is 9.49. The van der Waals surface area contributed by atoms with Gasteiger partial charge in [0.25, 0.3) is 10.0 Å². The molecule has 0 spiro atoms. The van der Waals surface area contributed by atoms with Crippen LogP contribution in [0, 0.1) is 0 Å². The lowest BCUT2D eigenvalue weighted by molar-refractivity contribution is 0.601. The molecule has 0 saturated carbocycles. The molecule has 12 heteroatoms. The van der Waals surface area contributed by atoms with Crippen molar-refractivity contribution in [3.05, 3.63) is 43.7 Å². The topological polar surface area (TPSA) is 72.0 Å². The molecule has 0 aliphatic heterocycles. The van der Waals surface area contributed by atoms with Gasteiger partial charge in [-0.2, -0.15) is 0 Å². The molecule has 3 aromatic rings. The van der Waals surface area contributed by atoms with Crippen LogP contribution >= 0.6 is 69.1 Å². The summed E-state index contributed by atoms with van der Waals surface area (Å²) in [4.78, 5) is 0.469. The molecular formula is C12H5Cl4N3O2S3. The fourth-order valence-electron chi connectivity index (χ4n) is 1.70. The van der Waals surface area contributed by atoms with Crippen molar-refractivity contribution in [3.63, 3.8) is 0 Å². The summed E-state index contributed by atoms with van der Waals surface area (Å²) in [5.74, 6) is 0. The molecule has 3 rings (SSSR count). The van der Waals surface area contributed by atoms with Crippen LogP contribution in [0.2, 0.25) is 20.1 Å². The number of thiophene rings is 1. The summed E-state index contributed by atoms with van der Waals surface area (Å²) in [5, 5.41) is 10.7. The molecule has 24 heavy (non-hydrogen) atoms. The first kappa shape index (κ1) is 18.2. The van der Waals surface area contributed by atoms with E-state index < -0.39 is 10.0 Å². The van der Waals surface area contributed by atoms with Crippen molar-refractivity contribution in [2.75, 3.05) is 4.72 Å². The molecule has 0 fully saturated rings. The van der Waals surface area contributed by atoms with Crippen LogP contribution in [0.25, 0.3) is 9.88 Å². The second-order valence-electron chi connectivity index (χ2n) is 4.32. The van der Waals surface area contributed by atoms with Crippen molar-refractivity contribution in [2.24, 2.45) is 0 Å². The average molecular weight is 461 g/mol. The van der Waals surface area contributed by atoms with E-state index in [1.807, 2.05) is 0 Å². The first-order valence-corrected chi connectivity index (χ1v) is 10.7. The van der Waals surface area contributed by atoms with Crippen LogP contribution in [0.5, 0.6) is 0 Å². The number of nitrogens with zero attached hydrogens (tertiary/aromatic N) is 2. The number of rotatable bonds is 4. The van der Waals surface area contributed by atoms with Gasteiger partial charge < -0.3 is 0 Å². The third kappa shape index (κ3) is 3.65. The standard InChI is InChI=1S/C12H5Cl4N3O2S3/c13-5-3-7(15)9(16)8(4-5)24(20,21)19-12-18-17-11(23-12)10-6(14)1-2-22-10/h1-4H,(H,18,19). The SMILES string of the molecule is O=S(=O)(Nc1nnc(-c2sccc2Cl)s1)c1cc(Cl)cc(Cl)c1Cl. The minimum absolute atomic E-state index is 0.0351. The fourth-order valence-corrected chi connectivity index (χ4v) is 6.13. The highest BCUT2D eigenvalue weighted by Gasteiger charge is 2.23. The van der Waals surface area contributed by atoms with Crippen LogP contribution < -0.4 is 4.72 Å². The number of halogens is 4. The van der Waals surface area contributed by atoms with Gasteiger partial charge in [-0.25, -0.2) is 8.42 Å². The van der Waals surface area contributed by atoms with Crippen LogP contribution in [0.4, 0.5) is 5.13 Å². The molecule has 0 unspecified atom stereocenters. The van der Waals surface area contributed by atoms with Gasteiger partial charge in [0.05, 0.1) is 19.9 Å². The average Bonchev–Trinajstić information content (AvgIpc) is 3.11. The zero-order valence-corrected chi connectivity index (χ0v) is 16.7. The van der Waals surface area contributed by atoms with E-state index in [2.05, 4.69) is 14.9 Å². The van der Waals surface area contributed by atoms with E-state index in [0.29, 0.717) is 14.9 Å². The lowest BCUT2D eigenvalue weighted by Crippen LogP contribution is -2.13. The second kappa shape index (κ2) is 6.95. The highest BCUT2D eigenvalue weighted by atomic mass is 35.5. The number of benzene rings is 1. The summed E-state index contributed by atoms with van der Waals surface area (Å²) < 4.78 is 27.3. The van der Waals surface area contributed by atoms with Gasteiger partial charge in [0.2, 0.25) is 5.13 Å². The Morgan fingerprint density at radius 1 is 1.04 bits per heavy atom.